The average Bonchev–Trinajstić information content (AvgIpc) is 3.33. The van der Waals surface area contributed by atoms with Crippen molar-refractivity contribution in [2.24, 2.45) is 0 Å². The summed E-state index contributed by atoms with van der Waals surface area (Å²) >= 11 is 1.05. The number of benzene rings is 2. The number of aromatic hydroxyl groups is 1. The Hall–Kier alpha value is -5.02. The number of rotatable bonds is 8. The van der Waals surface area contributed by atoms with Crippen LogP contribution in [0.1, 0.15) is 16.1 Å². The first-order chi connectivity index (χ1) is 18.5. The van der Waals surface area contributed by atoms with Crippen LogP contribution in [0.2, 0.25) is 0 Å². The van der Waals surface area contributed by atoms with Gasteiger partial charge in [-0.05, 0) is 23.8 Å². The Morgan fingerprint density at radius 2 is 1.74 bits per heavy atom. The normalized spacial score (nSPS) is 11.0. The molecular formula is C24H19N5O8S2. The number of hydrogen-bond acceptors (Lipinski definition) is 9. The maximum atomic E-state index is 12.8. The van der Waals surface area contributed by atoms with Gasteiger partial charge in [0, 0.05) is 16.4 Å². The number of carboxylic acid groups (broad SMARTS) is 1. The van der Waals surface area contributed by atoms with E-state index in [1.165, 1.54) is 35.0 Å². The van der Waals surface area contributed by atoms with Crippen molar-refractivity contribution in [1.29, 1.82) is 0 Å². The Kier molecular flexibility index (Phi) is 7.73. The third kappa shape index (κ3) is 6.46. The van der Waals surface area contributed by atoms with Crippen molar-refractivity contribution in [3.05, 3.63) is 87.0 Å². The van der Waals surface area contributed by atoms with Crippen molar-refractivity contribution < 1.29 is 33.0 Å². The highest BCUT2D eigenvalue weighted by Crippen LogP contribution is 2.30. The zero-order chi connectivity index (χ0) is 28.2. The summed E-state index contributed by atoms with van der Waals surface area (Å²) < 4.78 is 27.5. The number of hydrogen-bond donors (Lipinski definition) is 6. The first-order valence-electron chi connectivity index (χ1n) is 10.9. The summed E-state index contributed by atoms with van der Waals surface area (Å²) in [6.07, 6.45) is 0.0799. The number of thiophene rings is 1. The van der Waals surface area contributed by atoms with Crippen LogP contribution < -0.4 is 20.9 Å². The highest BCUT2D eigenvalue weighted by molar-refractivity contribution is 7.90. The molecule has 200 valence electrons. The van der Waals surface area contributed by atoms with E-state index >= 15 is 0 Å². The molecule has 0 atom stereocenters. The summed E-state index contributed by atoms with van der Waals surface area (Å²) in [7, 11) is -4.38. The zero-order valence-corrected chi connectivity index (χ0v) is 21.3. The molecule has 0 fully saturated rings. The first-order valence-corrected chi connectivity index (χ1v) is 13.4. The summed E-state index contributed by atoms with van der Waals surface area (Å²) in [6.45, 7) is 0. The fourth-order valence-electron chi connectivity index (χ4n) is 3.38. The molecule has 0 radical (unpaired) electrons. The van der Waals surface area contributed by atoms with E-state index in [1.54, 1.807) is 24.3 Å². The number of urea groups is 1. The van der Waals surface area contributed by atoms with Crippen molar-refractivity contribution in [3.63, 3.8) is 0 Å². The maximum Gasteiger partial charge on any atom is 0.358 e. The third-order valence-corrected chi connectivity index (χ3v) is 7.20. The van der Waals surface area contributed by atoms with E-state index < -0.39 is 39.0 Å². The van der Waals surface area contributed by atoms with Gasteiger partial charge >= 0.3 is 12.0 Å². The summed E-state index contributed by atoms with van der Waals surface area (Å²) in [6, 6.07) is 13.1. The van der Waals surface area contributed by atoms with E-state index in [1.807, 2.05) is 10.8 Å². The number of nitrogens with zero attached hydrogens (tertiary/aromatic N) is 1. The van der Waals surface area contributed by atoms with Crippen LogP contribution in [0.4, 0.5) is 16.2 Å². The van der Waals surface area contributed by atoms with Gasteiger partial charge in [0.2, 0.25) is 11.7 Å². The maximum absolute atomic E-state index is 12.8. The number of aromatic nitrogens is 2. The number of aromatic carboxylic acids is 1. The lowest BCUT2D eigenvalue weighted by molar-refractivity contribution is -0.115. The lowest BCUT2D eigenvalue weighted by Gasteiger charge is -2.11. The van der Waals surface area contributed by atoms with Crippen LogP contribution in [0.3, 0.4) is 0 Å². The molecule has 2 heterocycles. The SMILES string of the molecule is O=C(Cc1ccccc1)Nc1cccc(S(=O)(=O)NC(=O)Nc2cscc2-c2nc(C(=O)O)c(O)c(=O)[nH]2)c1. The van der Waals surface area contributed by atoms with Gasteiger partial charge in [0.25, 0.3) is 15.6 Å². The summed E-state index contributed by atoms with van der Waals surface area (Å²) in [5.74, 6) is -3.36. The Morgan fingerprint density at radius 3 is 2.46 bits per heavy atom. The fourth-order valence-corrected chi connectivity index (χ4v) is 5.09. The third-order valence-electron chi connectivity index (χ3n) is 5.13. The predicted molar refractivity (Wildman–Crippen MR) is 141 cm³/mol. The fraction of sp³-hybridized carbons (Fsp3) is 0.0417. The molecule has 0 saturated heterocycles. The Bertz CT molecular complexity index is 1730. The van der Waals surface area contributed by atoms with Gasteiger partial charge in [-0.25, -0.2) is 27.7 Å². The monoisotopic (exact) mass is 569 g/mol. The minimum atomic E-state index is -4.38. The number of sulfonamides is 1. The van der Waals surface area contributed by atoms with Gasteiger partial charge in [-0.2, -0.15) is 0 Å². The quantitative estimate of drug-likeness (QED) is 0.184. The standard InChI is InChI=1S/C24H19N5O8S2/c30-18(9-13-5-2-1-3-6-13)25-14-7-4-8-15(10-14)39(36,37)29-24(35)26-17-12-38-11-16(17)21-27-19(23(33)34)20(31)22(32)28-21/h1-8,10-12,31H,9H2,(H,25,30)(H,33,34)(H2,26,29,35)(H,27,28,32). The molecule has 0 aliphatic rings. The van der Waals surface area contributed by atoms with Crippen molar-refractivity contribution in [3.8, 4) is 17.1 Å². The number of aromatic amines is 1. The number of amides is 3. The molecule has 0 unspecified atom stereocenters. The van der Waals surface area contributed by atoms with Gasteiger partial charge in [-0.3, -0.25) is 9.59 Å². The number of carbonyl (C=O) groups is 3. The number of carboxylic acids is 1. The van der Waals surface area contributed by atoms with Gasteiger partial charge in [-0.15, -0.1) is 11.3 Å². The Labute approximate surface area is 224 Å². The molecular weight excluding hydrogens is 550 g/mol. The van der Waals surface area contributed by atoms with E-state index in [4.69, 9.17) is 5.11 Å². The molecule has 3 amide bonds. The van der Waals surface area contributed by atoms with Crippen LogP contribution >= 0.6 is 11.3 Å². The molecule has 2 aromatic heterocycles. The van der Waals surface area contributed by atoms with E-state index in [0.717, 1.165) is 16.9 Å². The van der Waals surface area contributed by atoms with Crippen LogP contribution in [-0.4, -0.2) is 46.5 Å². The molecule has 6 N–H and O–H groups in total. The number of carbonyl (C=O) groups excluding carboxylic acids is 2. The molecule has 0 bridgehead atoms. The van der Waals surface area contributed by atoms with Gasteiger partial charge in [0.05, 0.1) is 22.6 Å². The summed E-state index contributed by atoms with van der Waals surface area (Å²) in [5.41, 5.74) is -0.937. The van der Waals surface area contributed by atoms with Gasteiger partial charge in [0.15, 0.2) is 5.69 Å². The lowest BCUT2D eigenvalue weighted by atomic mass is 10.1. The van der Waals surface area contributed by atoms with E-state index in [2.05, 4.69) is 20.6 Å². The number of H-pyrrole nitrogens is 1. The summed E-state index contributed by atoms with van der Waals surface area (Å²) in [4.78, 5) is 53.7. The second-order valence-corrected chi connectivity index (χ2v) is 10.3. The van der Waals surface area contributed by atoms with Gasteiger partial charge in [-0.1, -0.05) is 36.4 Å². The molecule has 4 rings (SSSR count). The highest BCUT2D eigenvalue weighted by atomic mass is 32.2. The van der Waals surface area contributed by atoms with Crippen LogP contribution in [0.25, 0.3) is 11.4 Å². The van der Waals surface area contributed by atoms with Crippen LogP contribution in [0.5, 0.6) is 5.75 Å². The minimum absolute atomic E-state index is 0.0137. The largest absolute Gasteiger partial charge is 0.501 e. The molecule has 39 heavy (non-hydrogen) atoms. The molecule has 0 spiro atoms. The van der Waals surface area contributed by atoms with Crippen molar-refractivity contribution in [2.45, 2.75) is 11.3 Å². The second kappa shape index (κ2) is 11.2. The molecule has 13 nitrogen and oxygen atoms in total. The molecule has 0 aliphatic heterocycles. The predicted octanol–water partition coefficient (Wildman–Crippen LogP) is 2.59. The van der Waals surface area contributed by atoms with Crippen LogP contribution in [-0.2, 0) is 21.2 Å². The van der Waals surface area contributed by atoms with Gasteiger partial charge < -0.3 is 25.8 Å². The van der Waals surface area contributed by atoms with Crippen LogP contribution in [0.15, 0.2) is 75.0 Å². The number of anilines is 2. The molecule has 15 heteroatoms. The molecule has 0 aliphatic carbocycles. The van der Waals surface area contributed by atoms with Crippen molar-refractivity contribution in [2.75, 3.05) is 10.6 Å². The van der Waals surface area contributed by atoms with E-state index in [9.17, 15) is 32.7 Å². The van der Waals surface area contributed by atoms with Crippen molar-refractivity contribution in [1.82, 2.24) is 14.7 Å². The number of nitrogens with one attached hydrogen (secondary N) is 4. The smallest absolute Gasteiger partial charge is 0.358 e. The average molecular weight is 570 g/mol. The molecule has 0 saturated carbocycles. The topological polar surface area (TPSA) is 208 Å². The van der Waals surface area contributed by atoms with Crippen molar-refractivity contribution >= 4 is 50.6 Å². The van der Waals surface area contributed by atoms with Gasteiger partial charge in [0.1, 0.15) is 5.82 Å². The summed E-state index contributed by atoms with van der Waals surface area (Å²) in [5, 5.41) is 26.5. The molecule has 4 aromatic rings. The Morgan fingerprint density at radius 1 is 1.00 bits per heavy atom. The van der Waals surface area contributed by atoms with E-state index in [-0.39, 0.29) is 40.0 Å². The zero-order valence-electron chi connectivity index (χ0n) is 19.7. The second-order valence-electron chi connectivity index (χ2n) is 7.91. The first kappa shape index (κ1) is 27.0. The Balaban J connectivity index is 1.47. The van der Waals surface area contributed by atoms with Crippen LogP contribution in [0, 0.1) is 0 Å². The minimum Gasteiger partial charge on any atom is -0.501 e. The lowest BCUT2D eigenvalue weighted by Crippen LogP contribution is -2.34. The van der Waals surface area contributed by atoms with E-state index in [0.29, 0.717) is 0 Å². The highest BCUT2D eigenvalue weighted by Gasteiger charge is 2.22. The molecule has 2 aromatic carbocycles.